The molecule has 0 aromatic heterocycles. The lowest BCUT2D eigenvalue weighted by atomic mass is 10.1. The second-order valence-electron chi connectivity index (χ2n) is 6.05. The Labute approximate surface area is 180 Å². The van der Waals surface area contributed by atoms with E-state index in [1.54, 1.807) is 13.2 Å². The van der Waals surface area contributed by atoms with E-state index >= 15 is 0 Å². The summed E-state index contributed by atoms with van der Waals surface area (Å²) in [4.78, 5) is 6.18. The highest BCUT2D eigenvalue weighted by atomic mass is 127. The van der Waals surface area contributed by atoms with Crippen molar-refractivity contribution in [3.63, 3.8) is 0 Å². The first kappa shape index (κ1) is 24.8. The monoisotopic (exact) mass is 516 g/mol. The van der Waals surface area contributed by atoms with Crippen LogP contribution in [0.15, 0.2) is 23.2 Å². The summed E-state index contributed by atoms with van der Waals surface area (Å²) in [7, 11) is 1.58. The zero-order valence-electron chi connectivity index (χ0n) is 16.1. The number of hydrogen-bond acceptors (Lipinski definition) is 4. The van der Waals surface area contributed by atoms with Gasteiger partial charge in [-0.2, -0.15) is 13.2 Å². The highest BCUT2D eigenvalue weighted by Crippen LogP contribution is 2.35. The molecule has 160 valence electrons. The van der Waals surface area contributed by atoms with E-state index in [2.05, 4.69) is 15.6 Å². The number of alkyl halides is 3. The lowest BCUT2D eigenvalue weighted by Crippen LogP contribution is -2.38. The van der Waals surface area contributed by atoms with Crippen molar-refractivity contribution in [1.29, 1.82) is 0 Å². The van der Waals surface area contributed by atoms with Gasteiger partial charge in [-0.05, 0) is 24.6 Å². The molecule has 6 nitrogen and oxygen atoms in total. The van der Waals surface area contributed by atoms with Gasteiger partial charge in [0.15, 0.2) is 5.96 Å². The predicted molar refractivity (Wildman–Crippen MR) is 115 cm³/mol. The molecule has 0 amide bonds. The molecule has 1 aliphatic heterocycles. The molecule has 1 heterocycles. The summed E-state index contributed by atoms with van der Waals surface area (Å²) in [6.45, 7) is 5.65. The second kappa shape index (κ2) is 12.3. The van der Waals surface area contributed by atoms with E-state index in [1.165, 1.54) is 12.1 Å². The highest BCUT2D eigenvalue weighted by Gasteiger charge is 2.34. The van der Waals surface area contributed by atoms with Gasteiger partial charge in [0.2, 0.25) is 0 Å². The van der Waals surface area contributed by atoms with Crippen molar-refractivity contribution in [2.24, 2.45) is 4.99 Å². The summed E-state index contributed by atoms with van der Waals surface area (Å²) in [6.07, 6.45) is -4.44. The molecule has 1 aromatic rings. The first-order valence-electron chi connectivity index (χ1n) is 8.99. The van der Waals surface area contributed by atoms with Gasteiger partial charge in [-0.1, -0.05) is 6.07 Å². The lowest BCUT2D eigenvalue weighted by molar-refractivity contribution is -0.138. The summed E-state index contributed by atoms with van der Waals surface area (Å²) in [5, 5.41) is 6.04. The average Bonchev–Trinajstić information content (AvgIpc) is 2.66. The van der Waals surface area contributed by atoms with E-state index in [0.29, 0.717) is 57.6 Å². The van der Waals surface area contributed by atoms with Crippen LogP contribution >= 0.6 is 24.0 Å². The zero-order valence-corrected chi connectivity index (χ0v) is 18.5. The number of morpholine rings is 1. The molecule has 0 aliphatic carbocycles. The molecular weight excluding hydrogens is 488 g/mol. The first-order chi connectivity index (χ1) is 13.0. The quantitative estimate of drug-likeness (QED) is 0.253. The van der Waals surface area contributed by atoms with Crippen molar-refractivity contribution in [3.8, 4) is 0 Å². The Morgan fingerprint density at radius 1 is 1.25 bits per heavy atom. The molecule has 0 radical (unpaired) electrons. The molecule has 28 heavy (non-hydrogen) atoms. The van der Waals surface area contributed by atoms with Crippen molar-refractivity contribution >= 4 is 35.6 Å². The van der Waals surface area contributed by atoms with Gasteiger partial charge in [0.1, 0.15) is 0 Å². The number of nitrogens with one attached hydrogen (secondary N) is 2. The molecular formula is C18H28F3IN4O2. The largest absolute Gasteiger partial charge is 0.416 e. The predicted octanol–water partition coefficient (Wildman–Crippen LogP) is 2.86. The van der Waals surface area contributed by atoms with Crippen LogP contribution in [0.3, 0.4) is 0 Å². The third kappa shape index (κ3) is 7.63. The number of aliphatic imine (C=N–C) groups is 1. The van der Waals surface area contributed by atoms with Crippen molar-refractivity contribution in [2.75, 3.05) is 58.0 Å². The maximum Gasteiger partial charge on any atom is 0.416 e. The molecule has 0 unspecified atom stereocenters. The molecule has 0 atom stereocenters. The minimum Gasteiger partial charge on any atom is -0.383 e. The first-order valence-corrected chi connectivity index (χ1v) is 8.99. The van der Waals surface area contributed by atoms with Gasteiger partial charge in [0.05, 0.1) is 31.9 Å². The van der Waals surface area contributed by atoms with E-state index in [0.717, 1.165) is 0 Å². The van der Waals surface area contributed by atoms with Crippen LogP contribution in [0.4, 0.5) is 18.9 Å². The van der Waals surface area contributed by atoms with E-state index in [1.807, 2.05) is 11.8 Å². The minimum absolute atomic E-state index is 0. The van der Waals surface area contributed by atoms with Crippen molar-refractivity contribution in [1.82, 2.24) is 10.6 Å². The molecule has 1 saturated heterocycles. The summed E-state index contributed by atoms with van der Waals surface area (Å²) >= 11 is 0. The normalized spacial score (nSPS) is 15.2. The topological polar surface area (TPSA) is 58.1 Å². The van der Waals surface area contributed by atoms with Crippen LogP contribution in [-0.4, -0.2) is 59.1 Å². The Morgan fingerprint density at radius 2 is 1.96 bits per heavy atom. The smallest absolute Gasteiger partial charge is 0.383 e. The second-order valence-corrected chi connectivity index (χ2v) is 6.05. The Balaban J connectivity index is 0.00000392. The third-order valence-corrected chi connectivity index (χ3v) is 4.13. The number of methoxy groups -OCH3 is 1. The van der Waals surface area contributed by atoms with E-state index in [4.69, 9.17) is 9.47 Å². The van der Waals surface area contributed by atoms with Crippen LogP contribution in [0.5, 0.6) is 0 Å². The van der Waals surface area contributed by atoms with Crippen LogP contribution in [0, 0.1) is 0 Å². The van der Waals surface area contributed by atoms with Gasteiger partial charge in [-0.15, -0.1) is 24.0 Å². The molecule has 0 saturated carbocycles. The fourth-order valence-electron chi connectivity index (χ4n) is 2.76. The molecule has 1 fully saturated rings. The SMILES string of the molecule is CCNC(=NCc1ccc(N2CCOCC2)cc1C(F)(F)F)NCCOC.I. The Bertz CT molecular complexity index is 623. The molecule has 0 bridgehead atoms. The average molecular weight is 516 g/mol. The number of hydrogen-bond donors (Lipinski definition) is 2. The van der Waals surface area contributed by atoms with Crippen LogP contribution < -0.4 is 15.5 Å². The molecule has 2 rings (SSSR count). The highest BCUT2D eigenvalue weighted by molar-refractivity contribution is 14.0. The van der Waals surface area contributed by atoms with Gasteiger partial charge in [-0.25, -0.2) is 4.99 Å². The summed E-state index contributed by atoms with van der Waals surface area (Å²) in [5.41, 5.74) is 0.0508. The van der Waals surface area contributed by atoms with E-state index < -0.39 is 11.7 Å². The Hall–Kier alpha value is -1.27. The van der Waals surface area contributed by atoms with Gasteiger partial charge in [0, 0.05) is 39.0 Å². The summed E-state index contributed by atoms with van der Waals surface area (Å²) < 4.78 is 51.0. The minimum atomic E-state index is -4.44. The Kier molecular flexibility index (Phi) is 10.9. The Morgan fingerprint density at radius 3 is 2.57 bits per heavy atom. The van der Waals surface area contributed by atoms with Crippen LogP contribution in [0.25, 0.3) is 0 Å². The van der Waals surface area contributed by atoms with E-state index in [-0.39, 0.29) is 36.1 Å². The fraction of sp³-hybridized carbons (Fsp3) is 0.611. The van der Waals surface area contributed by atoms with Crippen LogP contribution in [0.2, 0.25) is 0 Å². The number of anilines is 1. The zero-order chi connectivity index (χ0) is 19.7. The number of ether oxygens (including phenoxy) is 2. The summed E-state index contributed by atoms with van der Waals surface area (Å²) in [5.74, 6) is 0.458. The standard InChI is InChI=1S/C18H27F3N4O2.HI/c1-3-22-17(23-6-9-26-2)24-13-14-4-5-15(12-16(14)18(19,20)21)25-7-10-27-11-8-25;/h4-5,12H,3,6-11,13H2,1-2H3,(H2,22,23,24);1H. The van der Waals surface area contributed by atoms with Gasteiger partial charge in [0.25, 0.3) is 0 Å². The van der Waals surface area contributed by atoms with E-state index in [9.17, 15) is 13.2 Å². The summed E-state index contributed by atoms with van der Waals surface area (Å²) in [6, 6.07) is 4.44. The number of halogens is 4. The fourth-order valence-corrected chi connectivity index (χ4v) is 2.76. The van der Waals surface area contributed by atoms with Crippen LogP contribution in [-0.2, 0) is 22.2 Å². The third-order valence-electron chi connectivity index (χ3n) is 4.13. The van der Waals surface area contributed by atoms with Crippen molar-refractivity contribution in [3.05, 3.63) is 29.3 Å². The molecule has 1 aromatic carbocycles. The van der Waals surface area contributed by atoms with Gasteiger partial charge < -0.3 is 25.0 Å². The molecule has 1 aliphatic rings. The maximum atomic E-state index is 13.6. The van der Waals surface area contributed by atoms with Crippen molar-refractivity contribution in [2.45, 2.75) is 19.6 Å². The number of nitrogens with zero attached hydrogens (tertiary/aromatic N) is 2. The molecule has 10 heteroatoms. The number of guanidine groups is 1. The number of rotatable bonds is 7. The molecule has 2 N–H and O–H groups in total. The maximum absolute atomic E-state index is 13.6. The van der Waals surface area contributed by atoms with Gasteiger partial charge >= 0.3 is 6.18 Å². The van der Waals surface area contributed by atoms with Gasteiger partial charge in [-0.3, -0.25) is 0 Å². The van der Waals surface area contributed by atoms with Crippen LogP contribution in [0.1, 0.15) is 18.1 Å². The lowest BCUT2D eigenvalue weighted by Gasteiger charge is -2.29. The number of benzene rings is 1. The van der Waals surface area contributed by atoms with Crippen molar-refractivity contribution < 1.29 is 22.6 Å². The molecule has 0 spiro atoms.